The number of amides is 1. The Hall–Kier alpha value is -2.14. The number of fused-ring (bicyclic) bond motifs is 1. The van der Waals surface area contributed by atoms with E-state index in [2.05, 4.69) is 47.8 Å². The van der Waals surface area contributed by atoms with Crippen LogP contribution in [0.4, 0.5) is 0 Å². The van der Waals surface area contributed by atoms with E-state index in [1.165, 1.54) is 16.8 Å². The van der Waals surface area contributed by atoms with E-state index in [9.17, 15) is 4.79 Å². The van der Waals surface area contributed by atoms with Crippen LogP contribution in [0.15, 0.2) is 24.4 Å². The summed E-state index contributed by atoms with van der Waals surface area (Å²) in [5.41, 5.74) is 6.02. The number of aryl methyl sites for hydroxylation is 1. The van der Waals surface area contributed by atoms with Crippen molar-refractivity contribution in [2.24, 2.45) is 0 Å². The van der Waals surface area contributed by atoms with Crippen molar-refractivity contribution in [2.45, 2.75) is 39.2 Å². The van der Waals surface area contributed by atoms with Crippen LogP contribution in [-0.4, -0.2) is 29.3 Å². The maximum Gasteiger partial charge on any atom is 0.234 e. The highest BCUT2D eigenvalue weighted by Gasteiger charge is 2.26. The standard InChI is InChI=1S/C18H24N4O/c1-12-6-4-8-16(13(12)2)22-17-9-5-7-15(14(17)10-20-22)21-18(23)11-19-3/h4,6,8,10,15,19H,5,7,9,11H2,1-3H3,(H,21,23)/t15-/m1/s1. The highest BCUT2D eigenvalue weighted by molar-refractivity contribution is 5.78. The lowest BCUT2D eigenvalue weighted by molar-refractivity contribution is -0.121. The first kappa shape index (κ1) is 15.7. The van der Waals surface area contributed by atoms with Crippen LogP contribution in [0.5, 0.6) is 0 Å². The van der Waals surface area contributed by atoms with Crippen LogP contribution >= 0.6 is 0 Å². The number of hydrogen-bond acceptors (Lipinski definition) is 3. The third-order valence-electron chi connectivity index (χ3n) is 4.66. The minimum atomic E-state index is 0.0323. The van der Waals surface area contributed by atoms with Crippen molar-refractivity contribution in [3.8, 4) is 5.69 Å². The fourth-order valence-corrected chi connectivity index (χ4v) is 3.29. The average Bonchev–Trinajstić information content (AvgIpc) is 2.95. The molecule has 122 valence electrons. The zero-order valence-electron chi connectivity index (χ0n) is 14.0. The molecule has 1 atom stereocenters. The summed E-state index contributed by atoms with van der Waals surface area (Å²) < 4.78 is 2.05. The Morgan fingerprint density at radius 3 is 3.00 bits per heavy atom. The molecular weight excluding hydrogens is 288 g/mol. The van der Waals surface area contributed by atoms with E-state index < -0.39 is 0 Å². The number of likely N-dealkylation sites (N-methyl/N-ethyl adjacent to an activating group) is 1. The highest BCUT2D eigenvalue weighted by Crippen LogP contribution is 2.31. The van der Waals surface area contributed by atoms with Crippen LogP contribution < -0.4 is 10.6 Å². The van der Waals surface area contributed by atoms with Gasteiger partial charge in [0.05, 0.1) is 24.5 Å². The van der Waals surface area contributed by atoms with Crippen LogP contribution in [0.25, 0.3) is 5.69 Å². The van der Waals surface area contributed by atoms with Crippen LogP contribution in [0.1, 0.15) is 41.3 Å². The van der Waals surface area contributed by atoms with E-state index in [0.717, 1.165) is 30.5 Å². The molecule has 0 saturated carbocycles. The highest BCUT2D eigenvalue weighted by atomic mass is 16.1. The minimum absolute atomic E-state index is 0.0323. The molecule has 5 nitrogen and oxygen atoms in total. The number of rotatable bonds is 4. The van der Waals surface area contributed by atoms with Crippen molar-refractivity contribution in [1.29, 1.82) is 0 Å². The van der Waals surface area contributed by atoms with Gasteiger partial charge in [0.15, 0.2) is 0 Å². The number of nitrogens with one attached hydrogen (secondary N) is 2. The molecule has 0 radical (unpaired) electrons. The number of hydrogen-bond donors (Lipinski definition) is 2. The molecule has 0 saturated heterocycles. The normalized spacial score (nSPS) is 16.9. The Morgan fingerprint density at radius 2 is 2.22 bits per heavy atom. The molecule has 0 fully saturated rings. The molecule has 1 heterocycles. The van der Waals surface area contributed by atoms with Crippen LogP contribution in [-0.2, 0) is 11.2 Å². The van der Waals surface area contributed by atoms with Crippen molar-refractivity contribution in [2.75, 3.05) is 13.6 Å². The molecule has 5 heteroatoms. The van der Waals surface area contributed by atoms with Crippen LogP contribution in [0, 0.1) is 13.8 Å². The van der Waals surface area contributed by atoms with Gasteiger partial charge in [-0.25, -0.2) is 4.68 Å². The molecular formula is C18H24N4O. The van der Waals surface area contributed by atoms with Crippen molar-refractivity contribution < 1.29 is 4.79 Å². The van der Waals surface area contributed by atoms with Crippen LogP contribution in [0.3, 0.4) is 0 Å². The number of benzene rings is 1. The smallest absolute Gasteiger partial charge is 0.234 e. The largest absolute Gasteiger partial charge is 0.348 e. The van der Waals surface area contributed by atoms with Crippen molar-refractivity contribution in [3.05, 3.63) is 46.8 Å². The molecule has 2 aromatic rings. The summed E-state index contributed by atoms with van der Waals surface area (Å²) in [6.45, 7) is 4.60. The van der Waals surface area contributed by atoms with E-state index in [-0.39, 0.29) is 11.9 Å². The minimum Gasteiger partial charge on any atom is -0.348 e. The number of carbonyl (C=O) groups is 1. The van der Waals surface area contributed by atoms with Gasteiger partial charge in [-0.15, -0.1) is 0 Å². The molecule has 0 aliphatic heterocycles. The van der Waals surface area contributed by atoms with Crippen molar-refractivity contribution in [3.63, 3.8) is 0 Å². The lowest BCUT2D eigenvalue weighted by atomic mass is 9.92. The topological polar surface area (TPSA) is 59.0 Å². The zero-order valence-corrected chi connectivity index (χ0v) is 14.0. The Labute approximate surface area is 137 Å². The molecule has 2 N–H and O–H groups in total. The molecule has 1 aliphatic rings. The summed E-state index contributed by atoms with van der Waals surface area (Å²) in [5, 5.41) is 10.6. The monoisotopic (exact) mass is 312 g/mol. The van der Waals surface area contributed by atoms with E-state index in [1.54, 1.807) is 7.05 Å². The summed E-state index contributed by atoms with van der Waals surface area (Å²) >= 11 is 0. The number of carbonyl (C=O) groups excluding carboxylic acids is 1. The van der Waals surface area contributed by atoms with E-state index in [1.807, 2.05) is 10.9 Å². The molecule has 1 aromatic carbocycles. The van der Waals surface area contributed by atoms with E-state index in [4.69, 9.17) is 0 Å². The second kappa shape index (κ2) is 6.54. The van der Waals surface area contributed by atoms with E-state index >= 15 is 0 Å². The van der Waals surface area contributed by atoms with Gasteiger partial charge in [-0.1, -0.05) is 12.1 Å². The third kappa shape index (κ3) is 3.01. The first-order valence-corrected chi connectivity index (χ1v) is 8.19. The Kier molecular flexibility index (Phi) is 4.48. The van der Waals surface area contributed by atoms with Gasteiger partial charge in [0.1, 0.15) is 0 Å². The van der Waals surface area contributed by atoms with Crippen LogP contribution in [0.2, 0.25) is 0 Å². The van der Waals surface area contributed by atoms with Gasteiger partial charge in [0.25, 0.3) is 0 Å². The van der Waals surface area contributed by atoms with Gasteiger partial charge in [0, 0.05) is 11.3 Å². The quantitative estimate of drug-likeness (QED) is 0.910. The van der Waals surface area contributed by atoms with Crippen molar-refractivity contribution >= 4 is 5.91 Å². The van der Waals surface area contributed by atoms with Gasteiger partial charge in [-0.2, -0.15) is 5.10 Å². The molecule has 1 aliphatic carbocycles. The second-order valence-electron chi connectivity index (χ2n) is 6.22. The van der Waals surface area contributed by atoms with Gasteiger partial charge < -0.3 is 10.6 Å². The summed E-state index contributed by atoms with van der Waals surface area (Å²) in [6.07, 6.45) is 4.96. The summed E-state index contributed by atoms with van der Waals surface area (Å²) in [6, 6.07) is 6.37. The zero-order chi connectivity index (χ0) is 16.4. The van der Waals surface area contributed by atoms with Gasteiger partial charge in [0.2, 0.25) is 5.91 Å². The number of nitrogens with zero attached hydrogens (tertiary/aromatic N) is 2. The fourth-order valence-electron chi connectivity index (χ4n) is 3.29. The maximum atomic E-state index is 11.9. The molecule has 0 bridgehead atoms. The average molecular weight is 312 g/mol. The van der Waals surface area contributed by atoms with Gasteiger partial charge in [-0.05, 0) is 57.4 Å². The fraction of sp³-hybridized carbons (Fsp3) is 0.444. The second-order valence-corrected chi connectivity index (χ2v) is 6.22. The molecule has 3 rings (SSSR count). The predicted molar refractivity (Wildman–Crippen MR) is 90.8 cm³/mol. The molecule has 1 amide bonds. The molecule has 0 unspecified atom stereocenters. The molecule has 23 heavy (non-hydrogen) atoms. The summed E-state index contributed by atoms with van der Waals surface area (Å²) in [5.74, 6) is 0.0323. The predicted octanol–water partition coefficient (Wildman–Crippen LogP) is 2.20. The summed E-state index contributed by atoms with van der Waals surface area (Å²) in [7, 11) is 1.78. The third-order valence-corrected chi connectivity index (χ3v) is 4.66. The van der Waals surface area contributed by atoms with Gasteiger partial charge in [-0.3, -0.25) is 4.79 Å². The van der Waals surface area contributed by atoms with E-state index in [0.29, 0.717) is 6.54 Å². The molecule has 0 spiro atoms. The Morgan fingerprint density at radius 1 is 1.39 bits per heavy atom. The summed E-state index contributed by atoms with van der Waals surface area (Å²) in [4.78, 5) is 11.9. The first-order valence-electron chi connectivity index (χ1n) is 8.19. The lowest BCUT2D eigenvalue weighted by Crippen LogP contribution is -2.36. The Bertz CT molecular complexity index is 720. The Balaban J connectivity index is 1.94. The SMILES string of the molecule is CNCC(=O)N[C@@H]1CCCc2c1cnn2-c1cccc(C)c1C. The van der Waals surface area contributed by atoms with Crippen molar-refractivity contribution in [1.82, 2.24) is 20.4 Å². The first-order chi connectivity index (χ1) is 11.1. The molecule has 1 aromatic heterocycles. The van der Waals surface area contributed by atoms with Gasteiger partial charge >= 0.3 is 0 Å². The lowest BCUT2D eigenvalue weighted by Gasteiger charge is -2.24. The number of aromatic nitrogens is 2. The maximum absolute atomic E-state index is 11.9.